The number of nitrogens with zero attached hydrogens (tertiary/aromatic N) is 1. The van der Waals surface area contributed by atoms with E-state index >= 15 is 0 Å². The Bertz CT molecular complexity index is 389. The summed E-state index contributed by atoms with van der Waals surface area (Å²) in [5.74, 6) is 0.643. The Balaban J connectivity index is 2.46. The Morgan fingerprint density at radius 2 is 1.79 bits per heavy atom. The minimum atomic E-state index is -0.0621. The molecule has 3 nitrogen and oxygen atoms in total. The highest BCUT2D eigenvalue weighted by Crippen LogP contribution is 2.17. The van der Waals surface area contributed by atoms with Gasteiger partial charge in [-0.15, -0.1) is 0 Å². The van der Waals surface area contributed by atoms with Gasteiger partial charge in [0.05, 0.1) is 0 Å². The second kappa shape index (κ2) is 7.29. The molecule has 1 rings (SSSR count). The SMILES string of the molecule is CC(C)C(C)N(C)C(=O)CCC(N)c1ccccc1. The van der Waals surface area contributed by atoms with Gasteiger partial charge in [0.2, 0.25) is 5.91 Å². The molecular weight excluding hydrogens is 236 g/mol. The summed E-state index contributed by atoms with van der Waals surface area (Å²) >= 11 is 0. The summed E-state index contributed by atoms with van der Waals surface area (Å²) in [7, 11) is 1.88. The highest BCUT2D eigenvalue weighted by Gasteiger charge is 2.19. The van der Waals surface area contributed by atoms with Crippen molar-refractivity contribution in [2.45, 2.75) is 45.7 Å². The van der Waals surface area contributed by atoms with E-state index in [0.29, 0.717) is 18.8 Å². The van der Waals surface area contributed by atoms with E-state index in [2.05, 4.69) is 20.8 Å². The first kappa shape index (κ1) is 15.7. The van der Waals surface area contributed by atoms with Gasteiger partial charge in [0.15, 0.2) is 0 Å². The van der Waals surface area contributed by atoms with Crippen LogP contribution in [0.5, 0.6) is 0 Å². The Labute approximate surface area is 116 Å². The quantitative estimate of drug-likeness (QED) is 0.856. The molecule has 0 radical (unpaired) electrons. The van der Waals surface area contributed by atoms with Crippen LogP contribution in [0.1, 0.15) is 45.2 Å². The summed E-state index contributed by atoms with van der Waals surface area (Å²) in [6.45, 7) is 6.34. The molecule has 0 aliphatic heterocycles. The number of rotatable bonds is 6. The van der Waals surface area contributed by atoms with Gasteiger partial charge in [-0.1, -0.05) is 44.2 Å². The zero-order valence-corrected chi connectivity index (χ0v) is 12.5. The predicted molar refractivity (Wildman–Crippen MR) is 79.7 cm³/mol. The van der Waals surface area contributed by atoms with Gasteiger partial charge in [-0.05, 0) is 24.8 Å². The van der Waals surface area contributed by atoms with Crippen LogP contribution >= 0.6 is 0 Å². The van der Waals surface area contributed by atoms with Crippen LogP contribution in [0.2, 0.25) is 0 Å². The first-order chi connectivity index (χ1) is 8.93. The summed E-state index contributed by atoms with van der Waals surface area (Å²) < 4.78 is 0. The Morgan fingerprint density at radius 3 is 2.32 bits per heavy atom. The van der Waals surface area contributed by atoms with Crippen LogP contribution in [-0.4, -0.2) is 23.9 Å². The van der Waals surface area contributed by atoms with E-state index < -0.39 is 0 Å². The van der Waals surface area contributed by atoms with Crippen molar-refractivity contribution in [1.82, 2.24) is 4.90 Å². The molecule has 0 aliphatic carbocycles. The van der Waals surface area contributed by atoms with Crippen LogP contribution in [0.15, 0.2) is 30.3 Å². The fourth-order valence-corrected chi connectivity index (χ4v) is 2.00. The molecule has 106 valence electrons. The fourth-order valence-electron chi connectivity index (χ4n) is 2.00. The maximum atomic E-state index is 12.1. The standard InChI is InChI=1S/C16H26N2O/c1-12(2)13(3)18(4)16(19)11-10-15(17)14-8-6-5-7-9-14/h5-9,12-13,15H,10-11,17H2,1-4H3. The maximum absolute atomic E-state index is 12.1. The second-order valence-electron chi connectivity index (χ2n) is 5.55. The van der Waals surface area contributed by atoms with Crippen molar-refractivity contribution in [1.29, 1.82) is 0 Å². The average Bonchev–Trinajstić information content (AvgIpc) is 2.43. The van der Waals surface area contributed by atoms with Crippen LogP contribution in [0.4, 0.5) is 0 Å². The molecule has 0 saturated heterocycles. The minimum absolute atomic E-state index is 0.0621. The molecule has 0 aromatic heterocycles. The van der Waals surface area contributed by atoms with Crippen molar-refractivity contribution in [2.75, 3.05) is 7.05 Å². The number of hydrogen-bond donors (Lipinski definition) is 1. The number of nitrogens with two attached hydrogens (primary N) is 1. The Morgan fingerprint density at radius 1 is 1.21 bits per heavy atom. The summed E-state index contributed by atoms with van der Waals surface area (Å²) in [6, 6.07) is 10.1. The molecule has 2 atom stereocenters. The molecule has 1 aromatic rings. The third-order valence-corrected chi connectivity index (χ3v) is 3.87. The molecule has 0 spiro atoms. The van der Waals surface area contributed by atoms with Crippen LogP contribution < -0.4 is 5.73 Å². The van der Waals surface area contributed by atoms with Crippen LogP contribution in [0.25, 0.3) is 0 Å². The first-order valence-electron chi connectivity index (χ1n) is 6.99. The van der Waals surface area contributed by atoms with Crippen LogP contribution in [0.3, 0.4) is 0 Å². The van der Waals surface area contributed by atoms with E-state index in [1.165, 1.54) is 0 Å². The van der Waals surface area contributed by atoms with Gasteiger partial charge in [0.25, 0.3) is 0 Å². The fraction of sp³-hybridized carbons (Fsp3) is 0.562. The van der Waals surface area contributed by atoms with Crippen molar-refractivity contribution in [3.63, 3.8) is 0 Å². The minimum Gasteiger partial charge on any atom is -0.343 e. The molecule has 0 fully saturated rings. The molecule has 0 bridgehead atoms. The molecule has 2 unspecified atom stereocenters. The smallest absolute Gasteiger partial charge is 0.222 e. The van der Waals surface area contributed by atoms with Crippen molar-refractivity contribution in [3.05, 3.63) is 35.9 Å². The largest absolute Gasteiger partial charge is 0.343 e. The molecule has 2 N–H and O–H groups in total. The Kier molecular flexibility index (Phi) is 6.03. The van der Waals surface area contributed by atoms with Gasteiger partial charge in [-0.2, -0.15) is 0 Å². The van der Waals surface area contributed by atoms with E-state index in [4.69, 9.17) is 5.73 Å². The van der Waals surface area contributed by atoms with E-state index in [0.717, 1.165) is 5.56 Å². The lowest BCUT2D eigenvalue weighted by atomic mass is 10.0. The first-order valence-corrected chi connectivity index (χ1v) is 6.99. The van der Waals surface area contributed by atoms with Crippen molar-refractivity contribution < 1.29 is 4.79 Å². The highest BCUT2D eigenvalue weighted by atomic mass is 16.2. The molecule has 19 heavy (non-hydrogen) atoms. The lowest BCUT2D eigenvalue weighted by molar-refractivity contribution is -0.132. The third kappa shape index (κ3) is 4.67. The maximum Gasteiger partial charge on any atom is 0.222 e. The zero-order chi connectivity index (χ0) is 14.4. The van der Waals surface area contributed by atoms with Crippen LogP contribution in [-0.2, 0) is 4.79 Å². The molecule has 0 heterocycles. The topological polar surface area (TPSA) is 46.3 Å². The number of carbonyl (C=O) groups is 1. The summed E-state index contributed by atoms with van der Waals surface area (Å²) in [5.41, 5.74) is 7.20. The summed E-state index contributed by atoms with van der Waals surface area (Å²) in [5, 5.41) is 0. The highest BCUT2D eigenvalue weighted by molar-refractivity contribution is 5.76. The molecule has 0 saturated carbocycles. The van der Waals surface area contributed by atoms with Gasteiger partial charge in [0.1, 0.15) is 0 Å². The third-order valence-electron chi connectivity index (χ3n) is 3.87. The normalized spacial score (nSPS) is 14.2. The summed E-state index contributed by atoms with van der Waals surface area (Å²) in [6.07, 6.45) is 1.20. The van der Waals surface area contributed by atoms with E-state index in [-0.39, 0.29) is 18.0 Å². The van der Waals surface area contributed by atoms with E-state index in [9.17, 15) is 4.79 Å². The van der Waals surface area contributed by atoms with Crippen LogP contribution in [0, 0.1) is 5.92 Å². The average molecular weight is 262 g/mol. The molecule has 1 amide bonds. The van der Waals surface area contributed by atoms with Crippen molar-refractivity contribution in [3.8, 4) is 0 Å². The lowest BCUT2D eigenvalue weighted by Crippen LogP contribution is -2.38. The second-order valence-corrected chi connectivity index (χ2v) is 5.55. The molecule has 3 heteroatoms. The van der Waals surface area contributed by atoms with Crippen molar-refractivity contribution >= 4 is 5.91 Å². The van der Waals surface area contributed by atoms with E-state index in [1.54, 1.807) is 0 Å². The Hall–Kier alpha value is -1.35. The summed E-state index contributed by atoms with van der Waals surface area (Å²) in [4.78, 5) is 13.9. The monoisotopic (exact) mass is 262 g/mol. The van der Waals surface area contributed by atoms with Gasteiger partial charge < -0.3 is 10.6 Å². The molecule has 0 aliphatic rings. The van der Waals surface area contributed by atoms with Gasteiger partial charge in [-0.25, -0.2) is 0 Å². The molecule has 1 aromatic carbocycles. The zero-order valence-electron chi connectivity index (χ0n) is 12.5. The van der Waals surface area contributed by atoms with Gasteiger partial charge in [-0.3, -0.25) is 4.79 Å². The number of carbonyl (C=O) groups excluding carboxylic acids is 1. The van der Waals surface area contributed by atoms with Crippen molar-refractivity contribution in [2.24, 2.45) is 11.7 Å². The van der Waals surface area contributed by atoms with Gasteiger partial charge >= 0.3 is 0 Å². The predicted octanol–water partition coefficient (Wildman–Crippen LogP) is 2.97. The number of amides is 1. The van der Waals surface area contributed by atoms with Gasteiger partial charge in [0, 0.05) is 25.6 Å². The number of hydrogen-bond acceptors (Lipinski definition) is 2. The number of benzene rings is 1. The van der Waals surface area contributed by atoms with E-state index in [1.807, 2.05) is 42.3 Å². The lowest BCUT2D eigenvalue weighted by Gasteiger charge is -2.28. The molecular formula is C16H26N2O.